The lowest BCUT2D eigenvalue weighted by molar-refractivity contribution is 0.0955. The molecule has 2 rings (SSSR count). The lowest BCUT2D eigenvalue weighted by atomic mass is 10.2. The predicted octanol–water partition coefficient (Wildman–Crippen LogP) is 3.21. The number of hydrazone groups is 1. The Bertz CT molecular complexity index is 684. The summed E-state index contributed by atoms with van der Waals surface area (Å²) in [5, 5.41) is 14.0. The van der Waals surface area contributed by atoms with E-state index in [2.05, 4.69) is 10.5 Å². The summed E-state index contributed by atoms with van der Waals surface area (Å²) in [7, 11) is 0. The van der Waals surface area contributed by atoms with Crippen LogP contribution in [0.4, 0.5) is 0 Å². The monoisotopic (exact) mass is 318 g/mol. The first kappa shape index (κ1) is 15.9. The second kappa shape index (κ2) is 7.47. The van der Waals surface area contributed by atoms with Gasteiger partial charge in [-0.05, 0) is 55.0 Å². The molecule has 0 spiro atoms. The Balaban J connectivity index is 2.01. The Kier molecular flexibility index (Phi) is 5.38. The number of amides is 1. The number of hydrogen-bond acceptors (Lipinski definition) is 4. The van der Waals surface area contributed by atoms with Gasteiger partial charge in [0.05, 0.1) is 12.8 Å². The molecule has 0 saturated carbocycles. The highest BCUT2D eigenvalue weighted by atomic mass is 35.5. The molecule has 0 atom stereocenters. The summed E-state index contributed by atoms with van der Waals surface area (Å²) >= 11 is 5.76. The maximum atomic E-state index is 11.8. The Morgan fingerprint density at radius 1 is 1.32 bits per heavy atom. The Hall–Kier alpha value is -2.53. The zero-order valence-corrected chi connectivity index (χ0v) is 12.7. The van der Waals surface area contributed by atoms with Gasteiger partial charge in [0, 0.05) is 10.6 Å². The third-order valence-corrected chi connectivity index (χ3v) is 3.02. The van der Waals surface area contributed by atoms with Crippen LogP contribution in [-0.2, 0) is 0 Å². The normalized spacial score (nSPS) is 10.6. The van der Waals surface area contributed by atoms with Crippen molar-refractivity contribution in [2.75, 3.05) is 6.61 Å². The molecule has 0 fully saturated rings. The van der Waals surface area contributed by atoms with Crippen LogP contribution in [0.3, 0.4) is 0 Å². The van der Waals surface area contributed by atoms with Crippen molar-refractivity contribution in [3.63, 3.8) is 0 Å². The first-order valence-corrected chi connectivity index (χ1v) is 7.02. The van der Waals surface area contributed by atoms with Crippen LogP contribution in [0.5, 0.6) is 11.5 Å². The molecule has 22 heavy (non-hydrogen) atoms. The number of carbonyl (C=O) groups excluding carboxylic acids is 1. The second-order valence-electron chi connectivity index (χ2n) is 4.37. The summed E-state index contributed by atoms with van der Waals surface area (Å²) < 4.78 is 5.27. The molecule has 5 nitrogen and oxygen atoms in total. The molecule has 0 bridgehead atoms. The number of rotatable bonds is 5. The van der Waals surface area contributed by atoms with Crippen LogP contribution in [0, 0.1) is 0 Å². The van der Waals surface area contributed by atoms with Gasteiger partial charge in [-0.3, -0.25) is 4.79 Å². The molecule has 0 aliphatic heterocycles. The van der Waals surface area contributed by atoms with Gasteiger partial charge in [-0.2, -0.15) is 5.10 Å². The number of halogens is 1. The lowest BCUT2D eigenvalue weighted by Gasteiger charge is -2.06. The van der Waals surface area contributed by atoms with Gasteiger partial charge >= 0.3 is 0 Å². The van der Waals surface area contributed by atoms with E-state index in [-0.39, 0.29) is 11.7 Å². The average Bonchev–Trinajstić information content (AvgIpc) is 2.51. The highest BCUT2D eigenvalue weighted by Crippen LogP contribution is 2.26. The first-order valence-electron chi connectivity index (χ1n) is 6.65. The van der Waals surface area contributed by atoms with E-state index >= 15 is 0 Å². The van der Waals surface area contributed by atoms with Crippen molar-refractivity contribution in [3.05, 3.63) is 58.6 Å². The minimum Gasteiger partial charge on any atom is -0.504 e. The predicted molar refractivity (Wildman–Crippen MR) is 85.8 cm³/mol. The number of phenolic OH excluding ortho intramolecular Hbond substituents is 1. The number of nitrogens with zero attached hydrogens (tertiary/aromatic N) is 1. The van der Waals surface area contributed by atoms with Gasteiger partial charge in [0.2, 0.25) is 0 Å². The van der Waals surface area contributed by atoms with E-state index in [0.717, 1.165) is 0 Å². The molecule has 6 heteroatoms. The Morgan fingerprint density at radius 3 is 2.73 bits per heavy atom. The van der Waals surface area contributed by atoms with Gasteiger partial charge in [0.1, 0.15) is 0 Å². The fourth-order valence-electron chi connectivity index (χ4n) is 1.71. The molecule has 0 radical (unpaired) electrons. The highest BCUT2D eigenvalue weighted by molar-refractivity contribution is 6.30. The highest BCUT2D eigenvalue weighted by Gasteiger charge is 2.04. The van der Waals surface area contributed by atoms with E-state index in [0.29, 0.717) is 28.5 Å². The van der Waals surface area contributed by atoms with E-state index in [1.54, 1.807) is 36.4 Å². The summed E-state index contributed by atoms with van der Waals surface area (Å²) in [6, 6.07) is 11.3. The zero-order chi connectivity index (χ0) is 15.9. The minimum atomic E-state index is -0.336. The fraction of sp³-hybridized carbons (Fsp3) is 0.125. The Labute approximate surface area is 133 Å². The smallest absolute Gasteiger partial charge is 0.271 e. The Morgan fingerprint density at radius 2 is 2.05 bits per heavy atom. The number of phenols is 1. The van der Waals surface area contributed by atoms with E-state index in [1.165, 1.54) is 12.3 Å². The van der Waals surface area contributed by atoms with Gasteiger partial charge in [0.15, 0.2) is 11.5 Å². The summed E-state index contributed by atoms with van der Waals surface area (Å²) in [5.74, 6) is 0.0939. The second-order valence-corrected chi connectivity index (χ2v) is 4.80. The van der Waals surface area contributed by atoms with Crippen molar-refractivity contribution in [2.24, 2.45) is 5.10 Å². The number of nitrogens with one attached hydrogen (secondary N) is 1. The topological polar surface area (TPSA) is 70.9 Å². The summed E-state index contributed by atoms with van der Waals surface area (Å²) in [6.45, 7) is 2.27. The number of ether oxygens (including phenoxy) is 1. The van der Waals surface area contributed by atoms with Crippen LogP contribution < -0.4 is 10.2 Å². The largest absolute Gasteiger partial charge is 0.504 e. The standard InChI is InChI=1S/C16H15ClN2O3/c1-2-22-15-9-11(3-8-14(15)20)10-18-19-16(21)12-4-6-13(17)7-5-12/h3-10,20H,2H2,1H3,(H,19,21)/b18-10+. The van der Waals surface area contributed by atoms with Crippen LogP contribution in [0.1, 0.15) is 22.8 Å². The molecule has 0 saturated heterocycles. The molecular formula is C16H15ClN2O3. The van der Waals surface area contributed by atoms with Gasteiger partial charge in [0.25, 0.3) is 5.91 Å². The molecule has 2 aromatic carbocycles. The minimum absolute atomic E-state index is 0.0594. The lowest BCUT2D eigenvalue weighted by Crippen LogP contribution is -2.17. The molecule has 0 unspecified atom stereocenters. The van der Waals surface area contributed by atoms with Gasteiger partial charge in [-0.25, -0.2) is 5.43 Å². The van der Waals surface area contributed by atoms with Crippen molar-refractivity contribution in [1.82, 2.24) is 5.43 Å². The van der Waals surface area contributed by atoms with Crippen LogP contribution in [0.15, 0.2) is 47.6 Å². The molecule has 0 aliphatic carbocycles. The fourth-order valence-corrected chi connectivity index (χ4v) is 1.84. The molecule has 0 aromatic heterocycles. The number of carbonyl (C=O) groups is 1. The molecule has 114 valence electrons. The maximum Gasteiger partial charge on any atom is 0.271 e. The summed E-state index contributed by atoms with van der Waals surface area (Å²) in [5.41, 5.74) is 3.57. The molecule has 0 aliphatic rings. The molecule has 2 aromatic rings. The van der Waals surface area contributed by atoms with E-state index in [9.17, 15) is 9.90 Å². The van der Waals surface area contributed by atoms with Crippen LogP contribution in [0.2, 0.25) is 5.02 Å². The van der Waals surface area contributed by atoms with Gasteiger partial charge in [-0.15, -0.1) is 0 Å². The van der Waals surface area contributed by atoms with Crippen LogP contribution in [-0.4, -0.2) is 23.8 Å². The quantitative estimate of drug-likeness (QED) is 0.657. The SMILES string of the molecule is CCOc1cc(/C=N/NC(=O)c2ccc(Cl)cc2)ccc1O. The van der Waals surface area contributed by atoms with Crippen molar-refractivity contribution in [1.29, 1.82) is 0 Å². The van der Waals surface area contributed by atoms with Crippen molar-refractivity contribution >= 4 is 23.7 Å². The van der Waals surface area contributed by atoms with Crippen LogP contribution in [0.25, 0.3) is 0 Å². The van der Waals surface area contributed by atoms with Gasteiger partial charge < -0.3 is 9.84 Å². The van der Waals surface area contributed by atoms with Gasteiger partial charge in [-0.1, -0.05) is 11.6 Å². The molecule has 0 heterocycles. The van der Waals surface area contributed by atoms with E-state index in [4.69, 9.17) is 16.3 Å². The van der Waals surface area contributed by atoms with Crippen molar-refractivity contribution in [2.45, 2.75) is 6.92 Å². The van der Waals surface area contributed by atoms with Crippen molar-refractivity contribution < 1.29 is 14.6 Å². The van der Waals surface area contributed by atoms with Crippen molar-refractivity contribution in [3.8, 4) is 11.5 Å². The third kappa shape index (κ3) is 4.23. The van der Waals surface area contributed by atoms with Crippen LogP contribution >= 0.6 is 11.6 Å². The first-order chi connectivity index (χ1) is 10.6. The molecule has 2 N–H and O–H groups in total. The zero-order valence-electron chi connectivity index (χ0n) is 11.9. The maximum absolute atomic E-state index is 11.8. The third-order valence-electron chi connectivity index (χ3n) is 2.77. The van der Waals surface area contributed by atoms with E-state index < -0.39 is 0 Å². The number of aromatic hydroxyl groups is 1. The number of benzene rings is 2. The summed E-state index contributed by atoms with van der Waals surface area (Å²) in [6.07, 6.45) is 1.47. The number of hydrogen-bond donors (Lipinski definition) is 2. The summed E-state index contributed by atoms with van der Waals surface area (Å²) in [4.78, 5) is 11.8. The average molecular weight is 319 g/mol. The molecule has 1 amide bonds. The molecular weight excluding hydrogens is 304 g/mol. The van der Waals surface area contributed by atoms with E-state index in [1.807, 2.05) is 6.92 Å².